The largest absolute Gasteiger partial charge is 0.235 e. The smallest absolute Gasteiger partial charge is 0.195 e. The molecule has 0 aromatic heterocycles. The fourth-order valence-electron chi connectivity index (χ4n) is 0.181. The summed E-state index contributed by atoms with van der Waals surface area (Å²) in [6, 6.07) is 0. The maximum absolute atomic E-state index is 11.8. The Kier molecular flexibility index (Phi) is 3.84. The molecule has 0 bridgehead atoms. The standard InChI is InChI=1S/C4H3BrF4/c5-4(9)3(8)2(7)1-6/h1,3-4H/b2-1-. The van der Waals surface area contributed by atoms with Crippen molar-refractivity contribution in [2.24, 2.45) is 0 Å². The summed E-state index contributed by atoms with van der Waals surface area (Å²) in [4.78, 5) is 0. The molecule has 54 valence electrons. The van der Waals surface area contributed by atoms with Crippen molar-refractivity contribution in [3.05, 3.63) is 12.2 Å². The highest BCUT2D eigenvalue weighted by atomic mass is 79.9. The summed E-state index contributed by atoms with van der Waals surface area (Å²) in [7, 11) is 0. The molecule has 0 radical (unpaired) electrons. The predicted octanol–water partition coefficient (Wildman–Crippen LogP) is 2.80. The zero-order chi connectivity index (χ0) is 7.44. The van der Waals surface area contributed by atoms with Gasteiger partial charge in [0.1, 0.15) is 6.33 Å². The summed E-state index contributed by atoms with van der Waals surface area (Å²) < 4.78 is 46.1. The van der Waals surface area contributed by atoms with Gasteiger partial charge in [0.2, 0.25) is 0 Å². The molecule has 0 aromatic rings. The molecular formula is C4H3BrF4. The minimum atomic E-state index is -2.55. The van der Waals surface area contributed by atoms with Crippen molar-refractivity contribution in [3.63, 3.8) is 0 Å². The first-order chi connectivity index (χ1) is 4.09. The zero-order valence-corrected chi connectivity index (χ0v) is 5.71. The summed E-state index contributed by atoms with van der Waals surface area (Å²) >= 11 is 2.09. The molecule has 0 nitrogen and oxygen atoms in total. The van der Waals surface area contributed by atoms with Crippen molar-refractivity contribution in [1.29, 1.82) is 0 Å². The monoisotopic (exact) mass is 206 g/mol. The van der Waals surface area contributed by atoms with Gasteiger partial charge in [0.25, 0.3) is 0 Å². The van der Waals surface area contributed by atoms with Gasteiger partial charge in [-0.25, -0.2) is 17.6 Å². The van der Waals surface area contributed by atoms with Crippen LogP contribution in [0.1, 0.15) is 0 Å². The Morgan fingerprint density at radius 1 is 1.44 bits per heavy atom. The molecule has 0 fully saturated rings. The zero-order valence-electron chi connectivity index (χ0n) is 4.12. The van der Waals surface area contributed by atoms with E-state index in [9.17, 15) is 17.6 Å². The topological polar surface area (TPSA) is 0 Å². The van der Waals surface area contributed by atoms with Crippen LogP contribution in [-0.2, 0) is 0 Å². The van der Waals surface area contributed by atoms with Crippen LogP contribution in [0, 0.1) is 0 Å². The van der Waals surface area contributed by atoms with E-state index in [-0.39, 0.29) is 0 Å². The van der Waals surface area contributed by atoms with Crippen LogP contribution in [0.15, 0.2) is 12.2 Å². The van der Waals surface area contributed by atoms with Crippen LogP contribution >= 0.6 is 15.9 Å². The average Bonchev–Trinajstić information content (AvgIpc) is 1.84. The SMILES string of the molecule is F/C=C(\F)C(F)C(F)Br. The molecular weight excluding hydrogens is 204 g/mol. The number of hydrogen-bond donors (Lipinski definition) is 0. The highest BCUT2D eigenvalue weighted by Crippen LogP contribution is 2.19. The number of rotatable bonds is 2. The molecule has 0 aromatic carbocycles. The van der Waals surface area contributed by atoms with Crippen LogP contribution in [0.4, 0.5) is 17.6 Å². The third-order valence-corrected chi connectivity index (χ3v) is 1.05. The number of alkyl halides is 3. The Bertz CT molecular complexity index is 111. The van der Waals surface area contributed by atoms with E-state index in [1.807, 2.05) is 0 Å². The first-order valence-electron chi connectivity index (χ1n) is 1.97. The third-order valence-electron chi connectivity index (χ3n) is 0.589. The molecule has 0 heterocycles. The van der Waals surface area contributed by atoms with Gasteiger partial charge in [-0.15, -0.1) is 0 Å². The molecule has 2 unspecified atom stereocenters. The molecule has 0 aliphatic heterocycles. The first-order valence-corrected chi connectivity index (χ1v) is 2.89. The van der Waals surface area contributed by atoms with Crippen molar-refractivity contribution >= 4 is 15.9 Å². The van der Waals surface area contributed by atoms with Gasteiger partial charge in [-0.3, -0.25) is 0 Å². The van der Waals surface area contributed by atoms with Crippen LogP contribution in [0.3, 0.4) is 0 Å². The lowest BCUT2D eigenvalue weighted by Gasteiger charge is -2.01. The van der Waals surface area contributed by atoms with Crippen LogP contribution in [-0.4, -0.2) is 11.3 Å². The normalized spacial score (nSPS) is 19.4. The van der Waals surface area contributed by atoms with Crippen LogP contribution in [0.5, 0.6) is 0 Å². The Balaban J connectivity index is 3.88. The van der Waals surface area contributed by atoms with Gasteiger partial charge in [-0.2, -0.15) is 0 Å². The maximum Gasteiger partial charge on any atom is 0.195 e. The second kappa shape index (κ2) is 3.87. The van der Waals surface area contributed by atoms with E-state index in [1.54, 1.807) is 0 Å². The quantitative estimate of drug-likeness (QED) is 0.482. The van der Waals surface area contributed by atoms with Gasteiger partial charge in [0.15, 0.2) is 17.1 Å². The fraction of sp³-hybridized carbons (Fsp3) is 0.500. The summed E-state index contributed by atoms with van der Waals surface area (Å²) in [6.45, 7) is 0. The van der Waals surface area contributed by atoms with E-state index in [1.165, 1.54) is 0 Å². The highest BCUT2D eigenvalue weighted by Gasteiger charge is 2.21. The van der Waals surface area contributed by atoms with E-state index in [2.05, 4.69) is 15.9 Å². The third kappa shape index (κ3) is 2.84. The molecule has 0 aliphatic carbocycles. The molecule has 5 heteroatoms. The van der Waals surface area contributed by atoms with Gasteiger partial charge < -0.3 is 0 Å². The summed E-state index contributed by atoms with van der Waals surface area (Å²) in [5.41, 5.74) is 0. The van der Waals surface area contributed by atoms with Crippen molar-refractivity contribution < 1.29 is 17.6 Å². The van der Waals surface area contributed by atoms with E-state index in [4.69, 9.17) is 0 Å². The minimum Gasteiger partial charge on any atom is -0.235 e. The average molecular weight is 207 g/mol. The van der Waals surface area contributed by atoms with Gasteiger partial charge in [-0.1, -0.05) is 0 Å². The van der Waals surface area contributed by atoms with Gasteiger partial charge in [0, 0.05) is 0 Å². The number of halogens is 5. The lowest BCUT2D eigenvalue weighted by atomic mass is 10.4. The number of hydrogen-bond acceptors (Lipinski definition) is 0. The van der Waals surface area contributed by atoms with E-state index < -0.39 is 23.4 Å². The summed E-state index contributed by atoms with van der Waals surface area (Å²) in [5.74, 6) is -1.75. The molecule has 0 amide bonds. The molecule has 0 spiro atoms. The molecule has 9 heavy (non-hydrogen) atoms. The number of allylic oxidation sites excluding steroid dienone is 1. The van der Waals surface area contributed by atoms with E-state index >= 15 is 0 Å². The lowest BCUT2D eigenvalue weighted by Crippen LogP contribution is -2.10. The van der Waals surface area contributed by atoms with Crippen LogP contribution in [0.2, 0.25) is 0 Å². The summed E-state index contributed by atoms with van der Waals surface area (Å²) in [5, 5.41) is -2.19. The van der Waals surface area contributed by atoms with Crippen LogP contribution in [0.25, 0.3) is 0 Å². The highest BCUT2D eigenvalue weighted by molar-refractivity contribution is 9.09. The van der Waals surface area contributed by atoms with Crippen LogP contribution < -0.4 is 0 Å². The maximum atomic E-state index is 11.8. The van der Waals surface area contributed by atoms with E-state index in [0.29, 0.717) is 0 Å². The summed E-state index contributed by atoms with van der Waals surface area (Å²) in [6.07, 6.45) is -3.16. The lowest BCUT2D eigenvalue weighted by molar-refractivity contribution is 0.239. The molecule has 0 saturated heterocycles. The molecule has 2 atom stereocenters. The Morgan fingerprint density at radius 3 is 2.00 bits per heavy atom. The van der Waals surface area contributed by atoms with Gasteiger partial charge in [-0.05, 0) is 15.9 Å². The van der Waals surface area contributed by atoms with Crippen molar-refractivity contribution in [2.75, 3.05) is 0 Å². The van der Waals surface area contributed by atoms with Crippen molar-refractivity contribution in [1.82, 2.24) is 0 Å². The van der Waals surface area contributed by atoms with Gasteiger partial charge in [0.05, 0.1) is 0 Å². The molecule has 0 rings (SSSR count). The fourth-order valence-corrected chi connectivity index (χ4v) is 0.433. The van der Waals surface area contributed by atoms with Crippen molar-refractivity contribution in [3.8, 4) is 0 Å². The van der Waals surface area contributed by atoms with Gasteiger partial charge >= 0.3 is 0 Å². The first kappa shape index (κ1) is 8.94. The predicted molar refractivity (Wildman–Crippen MR) is 29.0 cm³/mol. The molecule has 0 N–H and O–H groups in total. The Hall–Kier alpha value is -0.0600. The van der Waals surface area contributed by atoms with Crippen molar-refractivity contribution in [2.45, 2.75) is 11.3 Å². The second-order valence-electron chi connectivity index (χ2n) is 1.23. The molecule has 0 aliphatic rings. The second-order valence-corrected chi connectivity index (χ2v) is 2.10. The Morgan fingerprint density at radius 2 is 1.89 bits per heavy atom. The Labute approximate surface area is 57.7 Å². The molecule has 0 saturated carbocycles. The minimum absolute atomic E-state index is 0.613. The van der Waals surface area contributed by atoms with E-state index in [0.717, 1.165) is 0 Å².